The molecule has 3 heteroatoms. The summed E-state index contributed by atoms with van der Waals surface area (Å²) in [7, 11) is 0. The fourth-order valence-electron chi connectivity index (χ4n) is 1.98. The van der Waals surface area contributed by atoms with E-state index in [-0.39, 0.29) is 5.82 Å². The Labute approximate surface area is 121 Å². The first-order valence-corrected chi connectivity index (χ1v) is 6.96. The van der Waals surface area contributed by atoms with Gasteiger partial charge in [0.15, 0.2) is 0 Å². The van der Waals surface area contributed by atoms with Gasteiger partial charge < -0.3 is 5.11 Å². The molecule has 0 radical (unpaired) electrons. The zero-order valence-electron chi connectivity index (χ0n) is 11.0. The molecule has 0 saturated carbocycles. The molecular weight excluding hydrogens is 307 g/mol. The van der Waals surface area contributed by atoms with Gasteiger partial charge in [0.05, 0.1) is 10.6 Å². The van der Waals surface area contributed by atoms with Crippen LogP contribution in [-0.4, -0.2) is 5.11 Å². The summed E-state index contributed by atoms with van der Waals surface area (Å²) in [4.78, 5) is 0. The Bertz CT molecular complexity index is 595. The second kappa shape index (κ2) is 5.85. The van der Waals surface area contributed by atoms with E-state index in [2.05, 4.69) is 15.9 Å². The molecule has 0 bridgehead atoms. The van der Waals surface area contributed by atoms with Crippen LogP contribution in [0.2, 0.25) is 0 Å². The molecular formula is C16H16BrFO. The second-order valence-corrected chi connectivity index (χ2v) is 5.67. The van der Waals surface area contributed by atoms with Crippen molar-refractivity contribution in [2.45, 2.75) is 26.4 Å². The van der Waals surface area contributed by atoms with Crippen molar-refractivity contribution < 1.29 is 9.50 Å². The van der Waals surface area contributed by atoms with Gasteiger partial charge >= 0.3 is 0 Å². The number of halogens is 2. The van der Waals surface area contributed by atoms with E-state index in [1.165, 1.54) is 11.6 Å². The SMILES string of the molecule is Cc1ccc(C(O)Cc2ccc(F)c(Br)c2)cc1C. The minimum absolute atomic E-state index is 0.288. The zero-order valence-corrected chi connectivity index (χ0v) is 12.5. The maximum Gasteiger partial charge on any atom is 0.137 e. The first-order chi connectivity index (χ1) is 8.97. The van der Waals surface area contributed by atoms with Crippen LogP contribution in [0.5, 0.6) is 0 Å². The highest BCUT2D eigenvalue weighted by Crippen LogP contribution is 2.23. The van der Waals surface area contributed by atoms with Crippen LogP contribution in [0.3, 0.4) is 0 Å². The Morgan fingerprint density at radius 3 is 2.47 bits per heavy atom. The number of hydrogen-bond acceptors (Lipinski definition) is 1. The molecule has 0 spiro atoms. The first-order valence-electron chi connectivity index (χ1n) is 6.16. The summed E-state index contributed by atoms with van der Waals surface area (Å²) < 4.78 is 13.6. The van der Waals surface area contributed by atoms with Crippen molar-refractivity contribution in [3.05, 3.63) is 68.9 Å². The normalized spacial score (nSPS) is 12.5. The number of rotatable bonds is 3. The van der Waals surface area contributed by atoms with E-state index < -0.39 is 6.10 Å². The molecule has 1 nitrogen and oxygen atoms in total. The summed E-state index contributed by atoms with van der Waals surface area (Å²) in [6.45, 7) is 4.07. The van der Waals surface area contributed by atoms with E-state index >= 15 is 0 Å². The molecule has 0 aromatic heterocycles. The lowest BCUT2D eigenvalue weighted by molar-refractivity contribution is 0.178. The third-order valence-corrected chi connectivity index (χ3v) is 3.94. The smallest absolute Gasteiger partial charge is 0.137 e. The molecule has 2 aromatic carbocycles. The standard InChI is InChI=1S/C16H16BrFO/c1-10-3-5-13(7-11(10)2)16(19)9-12-4-6-15(18)14(17)8-12/h3-8,16,19H,9H2,1-2H3. The minimum Gasteiger partial charge on any atom is -0.388 e. The van der Waals surface area contributed by atoms with Gasteiger partial charge in [-0.2, -0.15) is 0 Å². The van der Waals surface area contributed by atoms with E-state index in [0.717, 1.165) is 16.7 Å². The van der Waals surface area contributed by atoms with Crippen LogP contribution in [0.4, 0.5) is 4.39 Å². The van der Waals surface area contributed by atoms with Gasteiger partial charge in [-0.05, 0) is 64.2 Å². The third kappa shape index (κ3) is 3.43. The van der Waals surface area contributed by atoms with Crippen molar-refractivity contribution in [1.82, 2.24) is 0 Å². The Balaban J connectivity index is 2.17. The topological polar surface area (TPSA) is 20.2 Å². The Hall–Kier alpha value is -1.19. The van der Waals surface area contributed by atoms with E-state index in [1.807, 2.05) is 32.0 Å². The van der Waals surface area contributed by atoms with E-state index in [4.69, 9.17) is 0 Å². The summed E-state index contributed by atoms with van der Waals surface area (Å²) in [6, 6.07) is 10.8. The third-order valence-electron chi connectivity index (χ3n) is 3.33. The van der Waals surface area contributed by atoms with Crippen LogP contribution in [0.15, 0.2) is 40.9 Å². The van der Waals surface area contributed by atoms with Crippen molar-refractivity contribution in [3.8, 4) is 0 Å². The van der Waals surface area contributed by atoms with Crippen molar-refractivity contribution in [1.29, 1.82) is 0 Å². The van der Waals surface area contributed by atoms with Crippen LogP contribution >= 0.6 is 15.9 Å². The maximum atomic E-state index is 13.1. The fraction of sp³-hybridized carbons (Fsp3) is 0.250. The first kappa shape index (κ1) is 14.2. The van der Waals surface area contributed by atoms with Crippen molar-refractivity contribution in [2.75, 3.05) is 0 Å². The maximum absolute atomic E-state index is 13.1. The molecule has 2 rings (SSSR count). The van der Waals surface area contributed by atoms with E-state index in [1.54, 1.807) is 12.1 Å². The molecule has 1 unspecified atom stereocenters. The fourth-order valence-corrected chi connectivity index (χ4v) is 2.41. The van der Waals surface area contributed by atoms with E-state index in [0.29, 0.717) is 10.9 Å². The van der Waals surface area contributed by atoms with Gasteiger partial charge in [0.25, 0.3) is 0 Å². The molecule has 1 N–H and O–H groups in total. The van der Waals surface area contributed by atoms with Crippen LogP contribution in [-0.2, 0) is 6.42 Å². The second-order valence-electron chi connectivity index (χ2n) is 4.81. The van der Waals surface area contributed by atoms with Crippen molar-refractivity contribution in [3.63, 3.8) is 0 Å². The molecule has 0 aliphatic rings. The predicted octanol–water partition coefficient (Wildman–Crippen LogP) is 4.48. The zero-order chi connectivity index (χ0) is 14.0. The predicted molar refractivity (Wildman–Crippen MR) is 78.7 cm³/mol. The number of benzene rings is 2. The summed E-state index contributed by atoms with van der Waals surface area (Å²) in [6.07, 6.45) is -0.0989. The van der Waals surface area contributed by atoms with Crippen molar-refractivity contribution >= 4 is 15.9 Å². The minimum atomic E-state index is -0.573. The Morgan fingerprint density at radius 2 is 1.84 bits per heavy atom. The number of hydrogen-bond donors (Lipinski definition) is 1. The summed E-state index contributed by atoms with van der Waals surface area (Å²) >= 11 is 3.16. The summed E-state index contributed by atoms with van der Waals surface area (Å²) in [5.74, 6) is -0.288. The molecule has 19 heavy (non-hydrogen) atoms. The van der Waals surface area contributed by atoms with Gasteiger partial charge in [-0.1, -0.05) is 24.3 Å². The average Bonchev–Trinajstić information content (AvgIpc) is 2.37. The molecule has 0 aliphatic heterocycles. The molecule has 100 valence electrons. The summed E-state index contributed by atoms with van der Waals surface area (Å²) in [5.41, 5.74) is 4.17. The Kier molecular flexibility index (Phi) is 4.38. The molecule has 2 aromatic rings. The highest BCUT2D eigenvalue weighted by atomic mass is 79.9. The van der Waals surface area contributed by atoms with Gasteiger partial charge in [-0.3, -0.25) is 0 Å². The van der Waals surface area contributed by atoms with E-state index in [9.17, 15) is 9.50 Å². The molecule has 0 saturated heterocycles. The number of aryl methyl sites for hydroxylation is 2. The van der Waals surface area contributed by atoms with Gasteiger partial charge in [-0.25, -0.2) is 4.39 Å². The Morgan fingerprint density at radius 1 is 1.11 bits per heavy atom. The summed E-state index contributed by atoms with van der Waals surface area (Å²) in [5, 5.41) is 10.2. The lowest BCUT2D eigenvalue weighted by Gasteiger charge is -2.13. The lowest BCUT2D eigenvalue weighted by Crippen LogP contribution is -2.03. The van der Waals surface area contributed by atoms with Crippen LogP contribution in [0.1, 0.15) is 28.4 Å². The number of aliphatic hydroxyl groups is 1. The molecule has 0 aliphatic carbocycles. The molecule has 0 heterocycles. The van der Waals surface area contributed by atoms with Crippen LogP contribution in [0.25, 0.3) is 0 Å². The van der Waals surface area contributed by atoms with Gasteiger partial charge in [-0.15, -0.1) is 0 Å². The van der Waals surface area contributed by atoms with Crippen LogP contribution < -0.4 is 0 Å². The average molecular weight is 323 g/mol. The van der Waals surface area contributed by atoms with Gasteiger partial charge in [0.1, 0.15) is 5.82 Å². The largest absolute Gasteiger partial charge is 0.388 e. The highest BCUT2D eigenvalue weighted by molar-refractivity contribution is 9.10. The highest BCUT2D eigenvalue weighted by Gasteiger charge is 2.10. The van der Waals surface area contributed by atoms with Gasteiger partial charge in [0, 0.05) is 6.42 Å². The van der Waals surface area contributed by atoms with Crippen LogP contribution in [0, 0.1) is 19.7 Å². The lowest BCUT2D eigenvalue weighted by atomic mass is 9.98. The number of aliphatic hydroxyl groups excluding tert-OH is 1. The molecule has 0 amide bonds. The monoisotopic (exact) mass is 322 g/mol. The quantitative estimate of drug-likeness (QED) is 0.883. The van der Waals surface area contributed by atoms with Crippen molar-refractivity contribution in [2.24, 2.45) is 0 Å². The molecule has 1 atom stereocenters. The molecule has 0 fully saturated rings. The van der Waals surface area contributed by atoms with Gasteiger partial charge in [0.2, 0.25) is 0 Å².